The summed E-state index contributed by atoms with van der Waals surface area (Å²) >= 11 is 13.1. The molecule has 0 radical (unpaired) electrons. The maximum Gasteiger partial charge on any atom is 0.237 e. The minimum absolute atomic E-state index is 0.0684. The number of thiophene rings is 1. The van der Waals surface area contributed by atoms with Crippen molar-refractivity contribution in [1.29, 1.82) is 0 Å². The molecule has 1 N–H and O–H groups in total. The van der Waals surface area contributed by atoms with Crippen molar-refractivity contribution < 1.29 is 9.90 Å². The highest BCUT2D eigenvalue weighted by Crippen LogP contribution is 2.32. The van der Waals surface area contributed by atoms with Gasteiger partial charge < -0.3 is 10.0 Å². The van der Waals surface area contributed by atoms with Gasteiger partial charge in [0.25, 0.3) is 0 Å². The third-order valence-electron chi connectivity index (χ3n) is 3.68. The van der Waals surface area contributed by atoms with Crippen LogP contribution >= 0.6 is 34.5 Å². The van der Waals surface area contributed by atoms with Gasteiger partial charge in [-0.25, -0.2) is 0 Å². The Morgan fingerprint density at radius 3 is 2.40 bits per heavy atom. The highest BCUT2D eigenvalue weighted by atomic mass is 35.5. The predicted molar refractivity (Wildman–Crippen MR) is 85.5 cm³/mol. The van der Waals surface area contributed by atoms with Gasteiger partial charge in [-0.2, -0.15) is 0 Å². The van der Waals surface area contributed by atoms with Crippen molar-refractivity contribution in [2.75, 3.05) is 12.4 Å². The minimum atomic E-state index is -0.898. The zero-order valence-corrected chi connectivity index (χ0v) is 14.6. The molecule has 0 aliphatic carbocycles. The molecule has 0 fully saturated rings. The van der Waals surface area contributed by atoms with Crippen molar-refractivity contribution in [2.24, 2.45) is 5.41 Å². The van der Waals surface area contributed by atoms with Gasteiger partial charge in [0.1, 0.15) is 5.88 Å². The van der Waals surface area contributed by atoms with Gasteiger partial charge in [0.15, 0.2) is 0 Å². The maximum absolute atomic E-state index is 12.0. The quantitative estimate of drug-likeness (QED) is 0.802. The van der Waals surface area contributed by atoms with Crippen molar-refractivity contribution in [3.8, 4) is 0 Å². The predicted octanol–water partition coefficient (Wildman–Crippen LogP) is 3.77. The zero-order valence-electron chi connectivity index (χ0n) is 12.2. The maximum atomic E-state index is 12.0. The first-order valence-electron chi connectivity index (χ1n) is 6.36. The molecule has 1 heterocycles. The molecule has 1 amide bonds. The number of halogens is 2. The molecule has 1 aromatic rings. The smallest absolute Gasteiger partial charge is 0.237 e. The van der Waals surface area contributed by atoms with Crippen LogP contribution in [0.25, 0.3) is 0 Å². The van der Waals surface area contributed by atoms with Crippen LogP contribution in [-0.4, -0.2) is 33.9 Å². The van der Waals surface area contributed by atoms with Gasteiger partial charge in [0, 0.05) is 22.2 Å². The Balaban J connectivity index is 2.88. The molecule has 3 nitrogen and oxygen atoms in total. The largest absolute Gasteiger partial charge is 0.390 e. The van der Waals surface area contributed by atoms with Crippen molar-refractivity contribution in [2.45, 2.75) is 39.8 Å². The minimum Gasteiger partial charge on any atom is -0.390 e. The van der Waals surface area contributed by atoms with E-state index >= 15 is 0 Å². The van der Waals surface area contributed by atoms with Gasteiger partial charge in [-0.15, -0.1) is 22.9 Å². The first kappa shape index (κ1) is 17.8. The lowest BCUT2D eigenvalue weighted by atomic mass is 9.77. The van der Waals surface area contributed by atoms with Crippen molar-refractivity contribution >= 4 is 40.4 Å². The zero-order chi connectivity index (χ0) is 15.6. The Morgan fingerprint density at radius 2 is 2.00 bits per heavy atom. The average molecular weight is 338 g/mol. The van der Waals surface area contributed by atoms with E-state index in [9.17, 15) is 9.90 Å². The molecule has 20 heavy (non-hydrogen) atoms. The average Bonchev–Trinajstić information content (AvgIpc) is 2.71. The Bertz CT molecular complexity index is 466. The summed E-state index contributed by atoms with van der Waals surface area (Å²) in [6.07, 6.45) is 0. The van der Waals surface area contributed by atoms with E-state index in [1.54, 1.807) is 18.7 Å². The number of hydrogen-bond donors (Lipinski definition) is 1. The molecule has 6 heteroatoms. The fourth-order valence-electron chi connectivity index (χ4n) is 1.61. The molecule has 114 valence electrons. The molecule has 0 spiro atoms. The second-order valence-electron chi connectivity index (χ2n) is 6.06. The van der Waals surface area contributed by atoms with Crippen LogP contribution in [0, 0.1) is 5.41 Å². The summed E-state index contributed by atoms with van der Waals surface area (Å²) in [5.41, 5.74) is -1.35. The summed E-state index contributed by atoms with van der Waals surface area (Å²) < 4.78 is 0. The van der Waals surface area contributed by atoms with Crippen LogP contribution in [0.2, 0.25) is 5.02 Å². The van der Waals surface area contributed by atoms with Crippen LogP contribution in [0.4, 0.5) is 0 Å². The molecular formula is C14H21Cl2NO2S. The van der Waals surface area contributed by atoms with Crippen LogP contribution in [0.1, 0.15) is 32.6 Å². The molecule has 0 bridgehead atoms. The Kier molecular flexibility index (Phi) is 5.90. The lowest BCUT2D eigenvalue weighted by Crippen LogP contribution is -2.49. The third kappa shape index (κ3) is 4.62. The molecule has 1 rings (SSSR count). The topological polar surface area (TPSA) is 40.5 Å². The highest BCUT2D eigenvalue weighted by Gasteiger charge is 2.37. The van der Waals surface area contributed by atoms with E-state index in [0.717, 1.165) is 4.88 Å². The first-order valence-corrected chi connectivity index (χ1v) is 8.15. The Morgan fingerprint density at radius 1 is 1.40 bits per heavy atom. The summed E-state index contributed by atoms with van der Waals surface area (Å²) in [5, 5.41) is 12.7. The van der Waals surface area contributed by atoms with Gasteiger partial charge in [0.2, 0.25) is 5.91 Å². The van der Waals surface area contributed by atoms with Crippen molar-refractivity contribution in [3.05, 3.63) is 21.3 Å². The number of rotatable bonds is 6. The molecule has 0 saturated heterocycles. The molecule has 0 aliphatic heterocycles. The van der Waals surface area contributed by atoms with Crippen LogP contribution < -0.4 is 0 Å². The normalized spacial score (nSPS) is 12.6. The molecule has 0 saturated carbocycles. The van der Waals surface area contributed by atoms with Gasteiger partial charge in [0.05, 0.1) is 17.2 Å². The number of hydrogen-bond acceptors (Lipinski definition) is 3. The number of aliphatic hydroxyl groups is 1. The fourth-order valence-corrected chi connectivity index (χ4v) is 2.87. The van der Waals surface area contributed by atoms with Crippen LogP contribution in [0.5, 0.6) is 0 Å². The van der Waals surface area contributed by atoms with Crippen LogP contribution in [-0.2, 0) is 11.3 Å². The van der Waals surface area contributed by atoms with E-state index in [1.165, 1.54) is 11.3 Å². The lowest BCUT2D eigenvalue weighted by molar-refractivity contribution is -0.133. The van der Waals surface area contributed by atoms with Crippen molar-refractivity contribution in [1.82, 2.24) is 4.90 Å². The standard InChI is InChI=1S/C14H21Cl2NO2S/c1-13(2,14(3,4)19)9-17(12(18)6-15)7-11-5-10(16)8-20-11/h5,8,19H,6-7,9H2,1-4H3. The van der Waals surface area contributed by atoms with E-state index in [1.807, 2.05) is 25.3 Å². The van der Waals surface area contributed by atoms with Crippen molar-refractivity contribution in [3.63, 3.8) is 0 Å². The monoisotopic (exact) mass is 337 g/mol. The van der Waals surface area contributed by atoms with E-state index in [0.29, 0.717) is 18.1 Å². The number of alkyl halides is 1. The second kappa shape index (κ2) is 6.65. The molecule has 1 aromatic heterocycles. The van der Waals surface area contributed by atoms with E-state index in [-0.39, 0.29) is 11.8 Å². The summed E-state index contributed by atoms with van der Waals surface area (Å²) in [7, 11) is 0. The number of amides is 1. The first-order chi connectivity index (χ1) is 9.06. The molecule has 0 atom stereocenters. The highest BCUT2D eigenvalue weighted by molar-refractivity contribution is 7.10. The Hall–Kier alpha value is -0.290. The Labute approximate surface area is 134 Å². The summed E-state index contributed by atoms with van der Waals surface area (Å²) in [5.74, 6) is -0.213. The molecule has 0 aromatic carbocycles. The SMILES string of the molecule is CC(C)(O)C(C)(C)CN(Cc1cc(Cl)cs1)C(=O)CCl. The third-order valence-corrected chi connectivity index (χ3v) is 5.18. The van der Waals surface area contributed by atoms with E-state index < -0.39 is 11.0 Å². The molecular weight excluding hydrogens is 317 g/mol. The van der Waals surface area contributed by atoms with Gasteiger partial charge in [-0.05, 0) is 19.9 Å². The number of carbonyl (C=O) groups excluding carboxylic acids is 1. The fraction of sp³-hybridized carbons (Fsp3) is 0.643. The summed E-state index contributed by atoms with van der Waals surface area (Å²) in [6, 6.07) is 1.85. The molecule has 0 aliphatic rings. The molecule has 0 unspecified atom stereocenters. The van der Waals surface area contributed by atoms with Gasteiger partial charge >= 0.3 is 0 Å². The van der Waals surface area contributed by atoms with Gasteiger partial charge in [-0.3, -0.25) is 4.79 Å². The van der Waals surface area contributed by atoms with E-state index in [2.05, 4.69) is 0 Å². The van der Waals surface area contributed by atoms with Gasteiger partial charge in [-0.1, -0.05) is 25.4 Å². The second-order valence-corrected chi connectivity index (χ2v) is 7.76. The van der Waals surface area contributed by atoms with Crippen LogP contribution in [0.3, 0.4) is 0 Å². The number of carbonyl (C=O) groups is 1. The van der Waals surface area contributed by atoms with E-state index in [4.69, 9.17) is 23.2 Å². The van der Waals surface area contributed by atoms with Crippen LogP contribution in [0.15, 0.2) is 11.4 Å². The lowest BCUT2D eigenvalue weighted by Gasteiger charge is -2.41. The summed E-state index contributed by atoms with van der Waals surface area (Å²) in [4.78, 5) is 14.7. The summed E-state index contributed by atoms with van der Waals surface area (Å²) in [6.45, 7) is 8.25. The number of nitrogens with zero attached hydrogens (tertiary/aromatic N) is 1.